The number of methoxy groups -OCH3 is 1. The van der Waals surface area contributed by atoms with E-state index in [1.807, 2.05) is 6.92 Å². The van der Waals surface area contributed by atoms with Crippen LogP contribution in [0.3, 0.4) is 0 Å². The Bertz CT molecular complexity index is 1510. The predicted octanol–water partition coefficient (Wildman–Crippen LogP) is 7.87. The van der Waals surface area contributed by atoms with Crippen molar-refractivity contribution in [2.75, 3.05) is 19.0 Å². The van der Waals surface area contributed by atoms with Gasteiger partial charge in [-0.15, -0.1) is 0 Å². The highest BCUT2D eigenvalue weighted by Crippen LogP contribution is 2.39. The monoisotopic (exact) mass is 624 g/mol. The fourth-order valence-corrected chi connectivity index (χ4v) is 5.19. The molecule has 3 amide bonds. The van der Waals surface area contributed by atoms with Gasteiger partial charge < -0.3 is 14.8 Å². The van der Waals surface area contributed by atoms with Gasteiger partial charge in [-0.25, -0.2) is 0 Å². The molecule has 1 N–H and O–H groups in total. The molecule has 4 rings (SSSR count). The van der Waals surface area contributed by atoms with Crippen LogP contribution in [0.25, 0.3) is 6.08 Å². The van der Waals surface area contributed by atoms with Crippen LogP contribution in [0.1, 0.15) is 16.7 Å². The maximum absolute atomic E-state index is 13.0. The number of amides is 3. The second-order valence-corrected chi connectivity index (χ2v) is 11.0. The highest BCUT2D eigenvalue weighted by Gasteiger charge is 2.35. The standard InChI is InChI=1S/C27H20Cl4N2O5S/c1-14-3-5-17(11-19(14)29)32-24(34)13-38-25-21(31)8-16(9-22(25)37-2)10-23-26(35)33(27(36)39-23)12-15-4-6-18(28)20(30)7-15/h3-11H,12-13H2,1-2H3,(H,32,34)/b23-10-. The third-order valence-corrected chi connectivity index (χ3v) is 7.89. The Morgan fingerprint density at radius 3 is 2.44 bits per heavy atom. The van der Waals surface area contributed by atoms with Crippen LogP contribution < -0.4 is 14.8 Å². The second kappa shape index (κ2) is 12.5. The number of imide groups is 1. The third kappa shape index (κ3) is 7.01. The second-order valence-electron chi connectivity index (χ2n) is 8.35. The Balaban J connectivity index is 1.46. The first-order chi connectivity index (χ1) is 18.5. The molecule has 3 aromatic carbocycles. The number of carbonyl (C=O) groups excluding carboxylic acids is 3. The van der Waals surface area contributed by atoms with E-state index in [1.165, 1.54) is 13.2 Å². The number of carbonyl (C=O) groups is 3. The van der Waals surface area contributed by atoms with Crippen LogP contribution >= 0.6 is 58.2 Å². The summed E-state index contributed by atoms with van der Waals surface area (Å²) in [5.74, 6) is -0.483. The van der Waals surface area contributed by atoms with Gasteiger partial charge in [0.15, 0.2) is 18.1 Å². The average Bonchev–Trinajstić information content (AvgIpc) is 3.14. The van der Waals surface area contributed by atoms with Crippen LogP contribution in [0.2, 0.25) is 20.1 Å². The first-order valence-corrected chi connectivity index (χ1v) is 13.6. The molecule has 1 fully saturated rings. The zero-order valence-corrected chi connectivity index (χ0v) is 24.4. The van der Waals surface area contributed by atoms with Gasteiger partial charge in [0, 0.05) is 10.7 Å². The van der Waals surface area contributed by atoms with Crippen molar-refractivity contribution >= 4 is 87.0 Å². The van der Waals surface area contributed by atoms with E-state index < -0.39 is 17.1 Å². The van der Waals surface area contributed by atoms with Gasteiger partial charge in [0.2, 0.25) is 0 Å². The molecule has 0 bridgehead atoms. The number of aryl methyl sites for hydroxylation is 1. The molecule has 0 aromatic heterocycles. The molecule has 3 aromatic rings. The van der Waals surface area contributed by atoms with E-state index >= 15 is 0 Å². The topological polar surface area (TPSA) is 84.9 Å². The molecule has 1 aliphatic heterocycles. The highest BCUT2D eigenvalue weighted by atomic mass is 35.5. The molecule has 1 saturated heterocycles. The molecule has 1 aliphatic rings. The minimum absolute atomic E-state index is 0.0482. The fraction of sp³-hybridized carbons (Fsp3) is 0.148. The van der Waals surface area contributed by atoms with Crippen LogP contribution in [0, 0.1) is 6.92 Å². The van der Waals surface area contributed by atoms with E-state index in [1.54, 1.807) is 48.5 Å². The first-order valence-electron chi connectivity index (χ1n) is 11.3. The SMILES string of the molecule is COc1cc(/C=C2\SC(=O)N(Cc3ccc(Cl)c(Cl)c3)C2=O)cc(Cl)c1OCC(=O)Nc1ccc(C)c(Cl)c1. The molecule has 0 unspecified atom stereocenters. The van der Waals surface area contributed by atoms with Crippen LogP contribution in [-0.4, -0.2) is 35.7 Å². The quantitative estimate of drug-likeness (QED) is 0.256. The summed E-state index contributed by atoms with van der Waals surface area (Å²) >= 11 is 25.3. The summed E-state index contributed by atoms with van der Waals surface area (Å²) in [7, 11) is 1.42. The lowest BCUT2D eigenvalue weighted by Crippen LogP contribution is -2.27. The minimum atomic E-state index is -0.459. The number of rotatable bonds is 8. The van der Waals surface area contributed by atoms with Crippen molar-refractivity contribution in [3.05, 3.63) is 90.2 Å². The van der Waals surface area contributed by atoms with E-state index in [2.05, 4.69) is 5.32 Å². The lowest BCUT2D eigenvalue weighted by atomic mass is 10.1. The number of thioether (sulfide) groups is 1. The van der Waals surface area contributed by atoms with Crippen molar-refractivity contribution in [3.63, 3.8) is 0 Å². The number of halogens is 4. The van der Waals surface area contributed by atoms with Crippen molar-refractivity contribution in [2.45, 2.75) is 13.5 Å². The molecule has 0 atom stereocenters. The van der Waals surface area contributed by atoms with E-state index in [0.29, 0.717) is 31.9 Å². The Morgan fingerprint density at radius 2 is 1.74 bits per heavy atom. The number of ether oxygens (including phenoxy) is 2. The zero-order chi connectivity index (χ0) is 28.3. The van der Waals surface area contributed by atoms with Crippen molar-refractivity contribution in [3.8, 4) is 11.5 Å². The van der Waals surface area contributed by atoms with Crippen molar-refractivity contribution in [2.24, 2.45) is 0 Å². The summed E-state index contributed by atoms with van der Waals surface area (Å²) < 4.78 is 11.0. The van der Waals surface area contributed by atoms with Gasteiger partial charge >= 0.3 is 0 Å². The van der Waals surface area contributed by atoms with Crippen molar-refractivity contribution < 1.29 is 23.9 Å². The summed E-state index contributed by atoms with van der Waals surface area (Å²) in [6, 6.07) is 13.2. The molecule has 0 spiro atoms. The van der Waals surface area contributed by atoms with Gasteiger partial charge in [0.25, 0.3) is 17.1 Å². The summed E-state index contributed by atoms with van der Waals surface area (Å²) in [6.07, 6.45) is 1.53. The smallest absolute Gasteiger partial charge is 0.293 e. The molecule has 0 radical (unpaired) electrons. The molecule has 12 heteroatoms. The highest BCUT2D eigenvalue weighted by molar-refractivity contribution is 8.18. The third-order valence-electron chi connectivity index (χ3n) is 5.55. The lowest BCUT2D eigenvalue weighted by Gasteiger charge is -2.14. The van der Waals surface area contributed by atoms with E-state index in [9.17, 15) is 14.4 Å². The Morgan fingerprint density at radius 1 is 0.974 bits per heavy atom. The van der Waals surface area contributed by atoms with Crippen LogP contribution in [0.4, 0.5) is 10.5 Å². The van der Waals surface area contributed by atoms with E-state index in [-0.39, 0.29) is 34.6 Å². The van der Waals surface area contributed by atoms with Gasteiger partial charge in [0.1, 0.15) is 0 Å². The first kappa shape index (κ1) is 29.1. The Kier molecular flexibility index (Phi) is 9.35. The molecular weight excluding hydrogens is 606 g/mol. The van der Waals surface area contributed by atoms with Crippen molar-refractivity contribution in [1.29, 1.82) is 0 Å². The maximum Gasteiger partial charge on any atom is 0.293 e. The largest absolute Gasteiger partial charge is 0.493 e. The lowest BCUT2D eigenvalue weighted by molar-refractivity contribution is -0.123. The number of hydrogen-bond donors (Lipinski definition) is 1. The predicted molar refractivity (Wildman–Crippen MR) is 156 cm³/mol. The summed E-state index contributed by atoms with van der Waals surface area (Å²) in [5.41, 5.74) is 2.58. The maximum atomic E-state index is 13.0. The van der Waals surface area contributed by atoms with E-state index in [0.717, 1.165) is 22.2 Å². The number of anilines is 1. The molecule has 0 saturated carbocycles. The molecule has 0 aliphatic carbocycles. The summed E-state index contributed by atoms with van der Waals surface area (Å²) in [6.45, 7) is 1.57. The van der Waals surface area contributed by atoms with Gasteiger partial charge in [-0.3, -0.25) is 19.3 Å². The average molecular weight is 626 g/mol. The molecule has 39 heavy (non-hydrogen) atoms. The molecule has 202 valence electrons. The zero-order valence-electron chi connectivity index (χ0n) is 20.5. The summed E-state index contributed by atoms with van der Waals surface area (Å²) in [5, 5.41) is 3.67. The van der Waals surface area contributed by atoms with Gasteiger partial charge in [-0.2, -0.15) is 0 Å². The summed E-state index contributed by atoms with van der Waals surface area (Å²) in [4.78, 5) is 39.2. The number of hydrogen-bond acceptors (Lipinski definition) is 6. The van der Waals surface area contributed by atoms with Crippen LogP contribution in [0.15, 0.2) is 53.4 Å². The van der Waals surface area contributed by atoms with Gasteiger partial charge in [-0.1, -0.05) is 58.5 Å². The molecule has 7 nitrogen and oxygen atoms in total. The van der Waals surface area contributed by atoms with Gasteiger partial charge in [0.05, 0.1) is 33.6 Å². The van der Waals surface area contributed by atoms with Gasteiger partial charge in [-0.05, 0) is 77.9 Å². The normalized spacial score (nSPS) is 14.2. The fourth-order valence-electron chi connectivity index (χ4n) is 3.58. The minimum Gasteiger partial charge on any atom is -0.493 e. The molecule has 1 heterocycles. The Labute approximate surface area is 248 Å². The van der Waals surface area contributed by atoms with Crippen LogP contribution in [-0.2, 0) is 16.1 Å². The van der Waals surface area contributed by atoms with E-state index in [4.69, 9.17) is 55.9 Å². The number of nitrogens with one attached hydrogen (secondary N) is 1. The number of nitrogens with zero attached hydrogens (tertiary/aromatic N) is 1. The van der Waals surface area contributed by atoms with Crippen LogP contribution in [0.5, 0.6) is 11.5 Å². The van der Waals surface area contributed by atoms with Crippen molar-refractivity contribution in [1.82, 2.24) is 4.90 Å². The Hall–Kier alpha value is -2.88. The molecular formula is C27H20Cl4N2O5S. The number of benzene rings is 3.